The van der Waals surface area contributed by atoms with Crippen molar-refractivity contribution in [1.29, 1.82) is 0 Å². The smallest absolute Gasteiger partial charge is 0.276 e. The lowest BCUT2D eigenvalue weighted by Gasteiger charge is -2.11. The quantitative estimate of drug-likeness (QED) is 0.313. The molecule has 0 aliphatic heterocycles. The summed E-state index contributed by atoms with van der Waals surface area (Å²) >= 11 is 11.9. The van der Waals surface area contributed by atoms with Gasteiger partial charge in [0.15, 0.2) is 13.2 Å². The van der Waals surface area contributed by atoms with Crippen LogP contribution in [0.15, 0.2) is 60.7 Å². The molecule has 3 aromatic carbocycles. The largest absolute Gasteiger partial charge is 0.484 e. The highest BCUT2D eigenvalue weighted by atomic mass is 35.5. The Balaban J connectivity index is 1.39. The third kappa shape index (κ3) is 8.39. The first-order valence-corrected chi connectivity index (χ1v) is 11.9. The number of benzene rings is 3. The van der Waals surface area contributed by atoms with Crippen molar-refractivity contribution in [3.63, 3.8) is 0 Å². The van der Waals surface area contributed by atoms with Crippen molar-refractivity contribution >= 4 is 46.8 Å². The summed E-state index contributed by atoms with van der Waals surface area (Å²) in [6.07, 6.45) is 0. The van der Waals surface area contributed by atoms with Crippen LogP contribution in [0.5, 0.6) is 11.5 Å². The topological polar surface area (TPSA) is 135 Å². The third-order valence-corrected chi connectivity index (χ3v) is 5.89. The van der Waals surface area contributed by atoms with E-state index in [1.54, 1.807) is 50.2 Å². The van der Waals surface area contributed by atoms with Crippen molar-refractivity contribution in [1.82, 2.24) is 21.7 Å². The van der Waals surface area contributed by atoms with Crippen LogP contribution in [-0.4, -0.2) is 36.8 Å². The molecule has 0 aromatic heterocycles. The van der Waals surface area contributed by atoms with Gasteiger partial charge in [0.05, 0.1) is 0 Å². The molecule has 38 heavy (non-hydrogen) atoms. The zero-order chi connectivity index (χ0) is 27.7. The first kappa shape index (κ1) is 28.3. The molecule has 3 aromatic rings. The van der Waals surface area contributed by atoms with Crippen molar-refractivity contribution in [2.24, 2.45) is 0 Å². The second-order valence-electron chi connectivity index (χ2n) is 7.98. The molecule has 10 nitrogen and oxygen atoms in total. The van der Waals surface area contributed by atoms with Crippen LogP contribution in [0, 0.1) is 13.8 Å². The molecule has 3 rings (SSSR count). The molecule has 0 fully saturated rings. The maximum atomic E-state index is 12.3. The molecule has 0 atom stereocenters. The molecule has 0 aliphatic rings. The Kier molecular flexibility index (Phi) is 9.92. The minimum absolute atomic E-state index is 0.187. The predicted molar refractivity (Wildman–Crippen MR) is 141 cm³/mol. The van der Waals surface area contributed by atoms with Crippen molar-refractivity contribution < 1.29 is 28.7 Å². The average molecular weight is 559 g/mol. The fourth-order valence-corrected chi connectivity index (χ4v) is 3.19. The number of ether oxygens (including phenoxy) is 2. The maximum Gasteiger partial charge on any atom is 0.276 e. The molecule has 0 saturated heterocycles. The number of hydrogen-bond acceptors (Lipinski definition) is 6. The zero-order valence-corrected chi connectivity index (χ0v) is 21.9. The van der Waals surface area contributed by atoms with Crippen LogP contribution in [0.3, 0.4) is 0 Å². The second-order valence-corrected chi connectivity index (χ2v) is 8.80. The summed E-state index contributed by atoms with van der Waals surface area (Å²) in [7, 11) is 0. The number of carbonyl (C=O) groups excluding carboxylic acids is 4. The molecule has 0 bridgehead atoms. The first-order valence-electron chi connectivity index (χ1n) is 11.2. The highest BCUT2D eigenvalue weighted by molar-refractivity contribution is 6.31. The normalized spacial score (nSPS) is 10.2. The van der Waals surface area contributed by atoms with Gasteiger partial charge in [0, 0.05) is 21.2 Å². The summed E-state index contributed by atoms with van der Waals surface area (Å²) in [6.45, 7) is 2.97. The van der Waals surface area contributed by atoms with Crippen LogP contribution in [0.4, 0.5) is 0 Å². The van der Waals surface area contributed by atoms with E-state index < -0.39 is 23.6 Å². The summed E-state index contributed by atoms with van der Waals surface area (Å²) in [4.78, 5) is 48.4. The number of nitrogens with one attached hydrogen (secondary N) is 4. The van der Waals surface area contributed by atoms with E-state index in [4.69, 9.17) is 32.7 Å². The van der Waals surface area contributed by atoms with E-state index in [1.807, 2.05) is 0 Å². The molecule has 0 aliphatic carbocycles. The Morgan fingerprint density at radius 3 is 1.32 bits per heavy atom. The lowest BCUT2D eigenvalue weighted by Crippen LogP contribution is -2.44. The highest BCUT2D eigenvalue weighted by Crippen LogP contribution is 2.21. The van der Waals surface area contributed by atoms with Gasteiger partial charge in [-0.1, -0.05) is 23.2 Å². The van der Waals surface area contributed by atoms with E-state index in [0.717, 1.165) is 11.1 Å². The molecule has 0 radical (unpaired) electrons. The fraction of sp³-hybridized carbons (Fsp3) is 0.154. The Morgan fingerprint density at radius 1 is 0.605 bits per heavy atom. The number of aryl methyl sites for hydroxylation is 2. The predicted octanol–water partition coefficient (Wildman–Crippen LogP) is 3.29. The standard InChI is InChI=1S/C26H24Cl2N4O6/c1-15-11-19(7-9-21(15)27)37-13-23(33)29-31-25(35)17-3-5-18(6-4-17)26(36)32-30-24(34)14-38-20-8-10-22(28)16(2)12-20/h3-12H,13-14H2,1-2H3,(H,29,33)(H,30,34)(H,31,35)(H,32,36). The lowest BCUT2D eigenvalue weighted by atomic mass is 10.1. The van der Waals surface area contributed by atoms with Gasteiger partial charge in [-0.2, -0.15) is 0 Å². The number of halogens is 2. The molecule has 0 saturated carbocycles. The monoisotopic (exact) mass is 558 g/mol. The van der Waals surface area contributed by atoms with Gasteiger partial charge in [-0.25, -0.2) is 0 Å². The van der Waals surface area contributed by atoms with Gasteiger partial charge >= 0.3 is 0 Å². The van der Waals surface area contributed by atoms with E-state index in [1.165, 1.54) is 24.3 Å². The summed E-state index contributed by atoms with van der Waals surface area (Å²) in [5, 5.41) is 1.16. The second kappa shape index (κ2) is 13.3. The minimum Gasteiger partial charge on any atom is -0.484 e. The first-order chi connectivity index (χ1) is 18.1. The summed E-state index contributed by atoms with van der Waals surface area (Å²) < 4.78 is 10.7. The molecule has 0 spiro atoms. The van der Waals surface area contributed by atoms with Crippen LogP contribution in [0.2, 0.25) is 10.0 Å². The molecular formula is C26H24Cl2N4O6. The third-order valence-electron chi connectivity index (χ3n) is 5.04. The average Bonchev–Trinajstić information content (AvgIpc) is 2.91. The van der Waals surface area contributed by atoms with Crippen molar-refractivity contribution in [2.45, 2.75) is 13.8 Å². The van der Waals surface area contributed by atoms with Gasteiger partial charge in [-0.15, -0.1) is 0 Å². The van der Waals surface area contributed by atoms with E-state index in [-0.39, 0.29) is 24.3 Å². The van der Waals surface area contributed by atoms with Crippen LogP contribution >= 0.6 is 23.2 Å². The SMILES string of the molecule is Cc1cc(OCC(=O)NNC(=O)c2ccc(C(=O)NNC(=O)COc3ccc(Cl)c(C)c3)cc2)ccc1Cl. The molecule has 198 valence electrons. The zero-order valence-electron chi connectivity index (χ0n) is 20.4. The number of hydrogen-bond donors (Lipinski definition) is 4. The maximum absolute atomic E-state index is 12.3. The fourth-order valence-electron chi connectivity index (χ4n) is 2.95. The van der Waals surface area contributed by atoms with Crippen molar-refractivity contribution in [3.05, 3.63) is 93.0 Å². The molecule has 4 N–H and O–H groups in total. The van der Waals surface area contributed by atoms with Crippen LogP contribution in [-0.2, 0) is 9.59 Å². The molecule has 0 unspecified atom stereocenters. The summed E-state index contributed by atoms with van der Waals surface area (Å²) in [5.74, 6) is -1.43. The number of amides is 4. The molecular weight excluding hydrogens is 535 g/mol. The molecule has 0 heterocycles. The van der Waals surface area contributed by atoms with Gasteiger partial charge in [0.1, 0.15) is 11.5 Å². The van der Waals surface area contributed by atoms with Crippen LogP contribution in [0.25, 0.3) is 0 Å². The molecule has 12 heteroatoms. The van der Waals surface area contributed by atoms with Gasteiger partial charge in [0.2, 0.25) is 0 Å². The number of carbonyl (C=O) groups is 4. The lowest BCUT2D eigenvalue weighted by molar-refractivity contribution is -0.124. The summed E-state index contributed by atoms with van der Waals surface area (Å²) in [5.41, 5.74) is 11.0. The van der Waals surface area contributed by atoms with E-state index in [0.29, 0.717) is 21.5 Å². The van der Waals surface area contributed by atoms with E-state index in [9.17, 15) is 19.2 Å². The van der Waals surface area contributed by atoms with Crippen molar-refractivity contribution in [2.75, 3.05) is 13.2 Å². The summed E-state index contributed by atoms with van der Waals surface area (Å²) in [6, 6.07) is 15.5. The van der Waals surface area contributed by atoms with Crippen LogP contribution in [0.1, 0.15) is 31.8 Å². The van der Waals surface area contributed by atoms with Gasteiger partial charge in [-0.05, 0) is 85.6 Å². The van der Waals surface area contributed by atoms with Gasteiger partial charge < -0.3 is 9.47 Å². The Hall–Kier alpha value is -4.28. The van der Waals surface area contributed by atoms with E-state index in [2.05, 4.69) is 21.7 Å². The Bertz CT molecular complexity index is 1250. The highest BCUT2D eigenvalue weighted by Gasteiger charge is 2.12. The minimum atomic E-state index is -0.601. The number of hydrazine groups is 2. The Labute approximate surface area is 228 Å². The molecule has 4 amide bonds. The van der Waals surface area contributed by atoms with Crippen molar-refractivity contribution in [3.8, 4) is 11.5 Å². The van der Waals surface area contributed by atoms with E-state index >= 15 is 0 Å². The van der Waals surface area contributed by atoms with Crippen LogP contribution < -0.4 is 31.2 Å². The van der Waals surface area contributed by atoms with Gasteiger partial charge in [0.25, 0.3) is 23.6 Å². The number of rotatable bonds is 8. The Morgan fingerprint density at radius 2 is 0.974 bits per heavy atom. The van der Waals surface area contributed by atoms with Gasteiger partial charge in [-0.3, -0.25) is 40.9 Å².